The number of benzene rings is 2. The molecule has 2 aromatic carbocycles. The number of piperidine rings is 1. The van der Waals surface area contributed by atoms with Crippen LogP contribution in [0.4, 0.5) is 5.69 Å². The Hall–Kier alpha value is -3.01. The lowest BCUT2D eigenvalue weighted by atomic mass is 10.0. The molecule has 1 amide bonds. The van der Waals surface area contributed by atoms with Crippen molar-refractivity contribution in [3.8, 4) is 11.4 Å². The number of anilines is 1. The summed E-state index contributed by atoms with van der Waals surface area (Å²) in [5.41, 5.74) is 3.25. The van der Waals surface area contributed by atoms with Gasteiger partial charge in [-0.2, -0.15) is 4.31 Å². The number of hydrogen-bond donors (Lipinski definition) is 2. The Labute approximate surface area is 190 Å². The molecule has 1 atom stereocenters. The second-order valence-electron chi connectivity index (χ2n) is 7.73. The standard InChI is InChI=1S/C23H22N4O3S2/c28-23(20-11-3-4-13-27(20)32(29,30)21-12-6-14-31-21)24-17-8-5-7-16(15-17)22-25-18-9-1-2-10-19(18)26-22/h1-2,5-10,12,14-15,20H,3-4,11,13H2,(H,24,28)(H,25,26). The van der Waals surface area contributed by atoms with Crippen molar-refractivity contribution >= 4 is 44.0 Å². The molecule has 1 unspecified atom stereocenters. The molecule has 1 fully saturated rings. The van der Waals surface area contributed by atoms with E-state index in [0.717, 1.165) is 29.4 Å². The van der Waals surface area contributed by atoms with Crippen LogP contribution in [0.5, 0.6) is 0 Å². The maximum atomic E-state index is 13.1. The van der Waals surface area contributed by atoms with Gasteiger partial charge in [-0.15, -0.1) is 11.3 Å². The van der Waals surface area contributed by atoms with Gasteiger partial charge in [0.2, 0.25) is 5.91 Å². The highest BCUT2D eigenvalue weighted by Crippen LogP contribution is 2.29. The van der Waals surface area contributed by atoms with Crippen molar-refractivity contribution in [1.29, 1.82) is 0 Å². The van der Waals surface area contributed by atoms with Gasteiger partial charge in [0.25, 0.3) is 10.0 Å². The number of nitrogens with one attached hydrogen (secondary N) is 2. The lowest BCUT2D eigenvalue weighted by Crippen LogP contribution is -2.49. The van der Waals surface area contributed by atoms with E-state index in [9.17, 15) is 13.2 Å². The fourth-order valence-corrected chi connectivity index (χ4v) is 6.82. The first kappa shape index (κ1) is 20.9. The van der Waals surface area contributed by atoms with Gasteiger partial charge in [0.05, 0.1) is 11.0 Å². The summed E-state index contributed by atoms with van der Waals surface area (Å²) in [6, 6.07) is 17.7. The molecule has 7 nitrogen and oxygen atoms in total. The normalized spacial score (nSPS) is 17.4. The Bertz CT molecular complexity index is 1330. The van der Waals surface area contributed by atoms with Crippen molar-refractivity contribution in [2.75, 3.05) is 11.9 Å². The summed E-state index contributed by atoms with van der Waals surface area (Å²) in [6.07, 6.45) is 2.06. The van der Waals surface area contributed by atoms with Gasteiger partial charge in [0, 0.05) is 17.8 Å². The number of nitrogens with zero attached hydrogens (tertiary/aromatic N) is 2. The summed E-state index contributed by atoms with van der Waals surface area (Å²) in [6.45, 7) is 0.345. The number of aromatic amines is 1. The van der Waals surface area contributed by atoms with E-state index in [0.29, 0.717) is 24.5 Å². The first-order valence-corrected chi connectivity index (χ1v) is 12.8. The second kappa shape index (κ2) is 8.50. The van der Waals surface area contributed by atoms with Crippen LogP contribution in [-0.2, 0) is 14.8 Å². The molecule has 5 rings (SSSR count). The topological polar surface area (TPSA) is 95.2 Å². The lowest BCUT2D eigenvalue weighted by molar-refractivity contribution is -0.120. The molecule has 0 aliphatic carbocycles. The van der Waals surface area contributed by atoms with Gasteiger partial charge in [-0.05, 0) is 48.6 Å². The Kier molecular flexibility index (Phi) is 5.54. The average molecular weight is 467 g/mol. The maximum Gasteiger partial charge on any atom is 0.253 e. The highest BCUT2D eigenvalue weighted by atomic mass is 32.2. The minimum absolute atomic E-state index is 0.268. The highest BCUT2D eigenvalue weighted by Gasteiger charge is 2.38. The molecule has 0 bridgehead atoms. The molecular weight excluding hydrogens is 444 g/mol. The van der Waals surface area contributed by atoms with Gasteiger partial charge < -0.3 is 10.3 Å². The second-order valence-corrected chi connectivity index (χ2v) is 10.8. The zero-order valence-electron chi connectivity index (χ0n) is 17.2. The van der Waals surface area contributed by atoms with E-state index in [1.54, 1.807) is 23.6 Å². The summed E-state index contributed by atoms with van der Waals surface area (Å²) in [7, 11) is -3.70. The number of sulfonamides is 1. The average Bonchev–Trinajstić information content (AvgIpc) is 3.50. The highest BCUT2D eigenvalue weighted by molar-refractivity contribution is 7.91. The zero-order valence-corrected chi connectivity index (χ0v) is 18.8. The quantitative estimate of drug-likeness (QED) is 0.454. The molecule has 1 aliphatic heterocycles. The number of aromatic nitrogens is 2. The summed E-state index contributed by atoms with van der Waals surface area (Å²) in [5.74, 6) is 0.397. The van der Waals surface area contributed by atoms with E-state index < -0.39 is 16.1 Å². The van der Waals surface area contributed by atoms with E-state index in [-0.39, 0.29) is 10.1 Å². The van der Waals surface area contributed by atoms with Crippen LogP contribution >= 0.6 is 11.3 Å². The van der Waals surface area contributed by atoms with Crippen molar-refractivity contribution < 1.29 is 13.2 Å². The maximum absolute atomic E-state index is 13.1. The molecular formula is C23H22N4O3S2. The molecule has 0 spiro atoms. The molecule has 2 N–H and O–H groups in total. The Morgan fingerprint density at radius 3 is 2.78 bits per heavy atom. The van der Waals surface area contributed by atoms with Crippen LogP contribution in [0.1, 0.15) is 19.3 Å². The number of carbonyl (C=O) groups excluding carboxylic acids is 1. The monoisotopic (exact) mass is 466 g/mol. The molecule has 1 aliphatic rings. The largest absolute Gasteiger partial charge is 0.338 e. The summed E-state index contributed by atoms with van der Waals surface area (Å²) < 4.78 is 27.8. The predicted molar refractivity (Wildman–Crippen MR) is 126 cm³/mol. The molecule has 164 valence electrons. The number of imidazole rings is 1. The smallest absolute Gasteiger partial charge is 0.253 e. The summed E-state index contributed by atoms with van der Waals surface area (Å²) >= 11 is 1.17. The number of fused-ring (bicyclic) bond motifs is 1. The van der Waals surface area contributed by atoms with Crippen LogP contribution in [0.15, 0.2) is 70.3 Å². The number of amides is 1. The predicted octanol–water partition coefficient (Wildman–Crippen LogP) is 4.47. The van der Waals surface area contributed by atoms with Gasteiger partial charge >= 0.3 is 0 Å². The van der Waals surface area contributed by atoms with E-state index in [2.05, 4.69) is 15.3 Å². The summed E-state index contributed by atoms with van der Waals surface area (Å²) in [4.78, 5) is 21.0. The first-order chi connectivity index (χ1) is 15.5. The molecule has 1 saturated heterocycles. The van der Waals surface area contributed by atoms with E-state index >= 15 is 0 Å². The number of hydrogen-bond acceptors (Lipinski definition) is 5. The van der Waals surface area contributed by atoms with Crippen molar-refractivity contribution in [2.24, 2.45) is 0 Å². The van der Waals surface area contributed by atoms with Crippen molar-refractivity contribution in [1.82, 2.24) is 14.3 Å². The van der Waals surface area contributed by atoms with Crippen LogP contribution < -0.4 is 5.32 Å². The Morgan fingerprint density at radius 2 is 1.97 bits per heavy atom. The third-order valence-corrected chi connectivity index (χ3v) is 8.89. The SMILES string of the molecule is O=C(Nc1cccc(-c2nc3ccccc3[nH]2)c1)C1CCCCN1S(=O)(=O)c1cccs1. The van der Waals surface area contributed by atoms with Crippen LogP contribution in [0.2, 0.25) is 0 Å². The molecule has 3 heterocycles. The van der Waals surface area contributed by atoms with Crippen molar-refractivity contribution in [2.45, 2.75) is 29.5 Å². The number of rotatable bonds is 5. The Balaban J connectivity index is 1.38. The van der Waals surface area contributed by atoms with Crippen LogP contribution in [0, 0.1) is 0 Å². The minimum atomic E-state index is -3.70. The van der Waals surface area contributed by atoms with Crippen LogP contribution in [0.3, 0.4) is 0 Å². The first-order valence-electron chi connectivity index (χ1n) is 10.4. The molecule has 9 heteroatoms. The van der Waals surface area contributed by atoms with Gasteiger partial charge in [0.15, 0.2) is 0 Å². The number of para-hydroxylation sites is 2. The zero-order chi connectivity index (χ0) is 22.1. The van der Waals surface area contributed by atoms with Crippen LogP contribution in [-0.4, -0.2) is 41.2 Å². The van der Waals surface area contributed by atoms with Crippen molar-refractivity contribution in [3.05, 3.63) is 66.0 Å². The summed E-state index contributed by atoms with van der Waals surface area (Å²) in [5, 5.41) is 4.65. The van der Waals surface area contributed by atoms with Gasteiger partial charge in [-0.3, -0.25) is 4.79 Å². The van der Waals surface area contributed by atoms with Crippen molar-refractivity contribution in [3.63, 3.8) is 0 Å². The molecule has 2 aromatic heterocycles. The lowest BCUT2D eigenvalue weighted by Gasteiger charge is -2.33. The van der Waals surface area contributed by atoms with Crippen LogP contribution in [0.25, 0.3) is 22.4 Å². The molecule has 4 aromatic rings. The Morgan fingerprint density at radius 1 is 1.09 bits per heavy atom. The van der Waals surface area contributed by atoms with E-state index in [1.807, 2.05) is 42.5 Å². The van der Waals surface area contributed by atoms with E-state index in [4.69, 9.17) is 0 Å². The third-order valence-electron chi connectivity index (χ3n) is 5.61. The number of H-pyrrole nitrogens is 1. The molecule has 0 saturated carbocycles. The molecule has 0 radical (unpaired) electrons. The minimum Gasteiger partial charge on any atom is -0.338 e. The third kappa shape index (κ3) is 3.94. The molecule has 32 heavy (non-hydrogen) atoms. The fourth-order valence-electron chi connectivity index (χ4n) is 4.04. The van der Waals surface area contributed by atoms with Gasteiger partial charge in [0.1, 0.15) is 16.1 Å². The van der Waals surface area contributed by atoms with E-state index in [1.165, 1.54) is 15.6 Å². The van der Waals surface area contributed by atoms with Gasteiger partial charge in [-0.25, -0.2) is 13.4 Å². The van der Waals surface area contributed by atoms with Gasteiger partial charge in [-0.1, -0.05) is 36.8 Å². The fraction of sp³-hybridized carbons (Fsp3) is 0.217. The number of carbonyl (C=O) groups is 1. The number of thiophene rings is 1.